The van der Waals surface area contributed by atoms with Crippen LogP contribution in [0, 0.1) is 16.0 Å². The summed E-state index contributed by atoms with van der Waals surface area (Å²) in [5.74, 6) is -1.41. The zero-order valence-electron chi connectivity index (χ0n) is 16.1. The molecule has 0 saturated carbocycles. The van der Waals surface area contributed by atoms with Gasteiger partial charge in [0, 0.05) is 11.6 Å². The van der Waals surface area contributed by atoms with E-state index in [9.17, 15) is 19.7 Å². The largest absolute Gasteiger partial charge is 0.454 e. The normalized spacial score (nSPS) is 12.0. The Morgan fingerprint density at radius 2 is 2.00 bits per heavy atom. The minimum atomic E-state index is -0.975. The summed E-state index contributed by atoms with van der Waals surface area (Å²) >= 11 is 5.77. The van der Waals surface area contributed by atoms with Crippen molar-refractivity contribution in [3.8, 4) is 0 Å². The van der Waals surface area contributed by atoms with E-state index in [1.807, 2.05) is 6.07 Å². The molecule has 1 atom stereocenters. The Hall–Kier alpha value is -3.46. The Kier molecular flexibility index (Phi) is 6.31. The molecular weight excluding hydrogens is 414 g/mol. The number of benzene rings is 2. The smallest absolute Gasteiger partial charge is 0.329 e. The fourth-order valence-corrected chi connectivity index (χ4v) is 2.91. The maximum atomic E-state index is 12.5. The molecule has 0 aliphatic heterocycles. The van der Waals surface area contributed by atoms with Gasteiger partial charge in [-0.05, 0) is 30.2 Å². The topological polar surface area (TPSA) is 125 Å². The number of rotatable bonds is 7. The summed E-state index contributed by atoms with van der Waals surface area (Å²) in [5.41, 5.74) is 0.815. The molecule has 3 aromatic rings. The van der Waals surface area contributed by atoms with Crippen LogP contribution in [0.3, 0.4) is 0 Å². The number of amides is 1. The summed E-state index contributed by atoms with van der Waals surface area (Å²) < 4.78 is 10.8. The van der Waals surface area contributed by atoms with Gasteiger partial charge in [-0.15, -0.1) is 0 Å². The summed E-state index contributed by atoms with van der Waals surface area (Å²) in [4.78, 5) is 39.6. The van der Waals surface area contributed by atoms with E-state index < -0.39 is 28.5 Å². The minimum absolute atomic E-state index is 0.00324. The molecule has 9 nitrogen and oxygen atoms in total. The molecule has 2 aromatic carbocycles. The molecule has 1 heterocycles. The van der Waals surface area contributed by atoms with Crippen LogP contribution in [0.4, 0.5) is 5.69 Å². The Bertz CT molecular complexity index is 1080. The van der Waals surface area contributed by atoms with E-state index in [1.54, 1.807) is 32.0 Å². The molecule has 3 rings (SSSR count). The summed E-state index contributed by atoms with van der Waals surface area (Å²) in [7, 11) is 0. The van der Waals surface area contributed by atoms with Gasteiger partial charge in [0.1, 0.15) is 16.6 Å². The highest BCUT2D eigenvalue weighted by Crippen LogP contribution is 2.25. The number of nitro groups is 1. The maximum absolute atomic E-state index is 12.5. The number of para-hydroxylation sites is 2. The van der Waals surface area contributed by atoms with Gasteiger partial charge < -0.3 is 14.5 Å². The average molecular weight is 432 g/mol. The van der Waals surface area contributed by atoms with Gasteiger partial charge >= 0.3 is 5.97 Å². The van der Waals surface area contributed by atoms with Crippen molar-refractivity contribution < 1.29 is 23.7 Å². The number of carbonyl (C=O) groups excluding carboxylic acids is 2. The van der Waals surface area contributed by atoms with Crippen molar-refractivity contribution in [1.82, 2.24) is 10.3 Å². The number of aromatic nitrogens is 1. The molecule has 0 aliphatic rings. The van der Waals surface area contributed by atoms with Crippen molar-refractivity contribution >= 4 is 40.3 Å². The van der Waals surface area contributed by atoms with Gasteiger partial charge in [0.25, 0.3) is 11.6 Å². The first kappa shape index (κ1) is 21.3. The van der Waals surface area contributed by atoms with Crippen LogP contribution >= 0.6 is 11.6 Å². The average Bonchev–Trinajstić information content (AvgIpc) is 3.13. The highest BCUT2D eigenvalue weighted by atomic mass is 35.5. The van der Waals surface area contributed by atoms with Crippen molar-refractivity contribution in [3.05, 3.63) is 69.1 Å². The van der Waals surface area contributed by atoms with Crippen LogP contribution < -0.4 is 5.32 Å². The van der Waals surface area contributed by atoms with E-state index in [0.29, 0.717) is 11.1 Å². The molecule has 0 fully saturated rings. The Morgan fingerprint density at radius 1 is 1.27 bits per heavy atom. The second kappa shape index (κ2) is 8.91. The zero-order chi connectivity index (χ0) is 21.8. The molecule has 30 heavy (non-hydrogen) atoms. The molecule has 0 aliphatic carbocycles. The Morgan fingerprint density at radius 3 is 2.67 bits per heavy atom. The molecule has 1 amide bonds. The summed E-state index contributed by atoms with van der Waals surface area (Å²) in [5, 5.41) is 13.5. The van der Waals surface area contributed by atoms with Crippen LogP contribution in [0.1, 0.15) is 30.1 Å². The molecular formula is C20H18ClN3O6. The van der Waals surface area contributed by atoms with E-state index in [4.69, 9.17) is 20.8 Å². The SMILES string of the molecule is CC(C)C(NC(=O)c1ccc(Cl)c([N+](=O)[O-])c1)C(=O)OCc1nc2ccccc2o1. The lowest BCUT2D eigenvalue weighted by Crippen LogP contribution is -2.45. The van der Waals surface area contributed by atoms with Crippen molar-refractivity contribution in [2.45, 2.75) is 26.5 Å². The fourth-order valence-electron chi connectivity index (χ4n) is 2.72. The van der Waals surface area contributed by atoms with Gasteiger partial charge in [-0.1, -0.05) is 37.6 Å². The van der Waals surface area contributed by atoms with Crippen molar-refractivity contribution in [3.63, 3.8) is 0 Å². The van der Waals surface area contributed by atoms with E-state index in [1.165, 1.54) is 12.1 Å². The first-order chi connectivity index (χ1) is 14.3. The Labute approximate surface area is 176 Å². The first-order valence-corrected chi connectivity index (χ1v) is 9.40. The predicted octanol–water partition coefficient (Wildman–Crippen LogP) is 3.89. The third-order valence-corrected chi connectivity index (χ3v) is 4.61. The van der Waals surface area contributed by atoms with Gasteiger partial charge in [-0.3, -0.25) is 14.9 Å². The third kappa shape index (κ3) is 4.74. The van der Waals surface area contributed by atoms with Crippen LogP contribution in [0.2, 0.25) is 5.02 Å². The summed E-state index contributed by atoms with van der Waals surface area (Å²) in [6.45, 7) is 3.27. The predicted molar refractivity (Wildman–Crippen MR) is 108 cm³/mol. The fraction of sp³-hybridized carbons (Fsp3) is 0.250. The Balaban J connectivity index is 1.68. The van der Waals surface area contributed by atoms with Crippen LogP contribution in [0.25, 0.3) is 11.1 Å². The second-order valence-electron chi connectivity index (χ2n) is 6.80. The minimum Gasteiger partial charge on any atom is -0.454 e. The van der Waals surface area contributed by atoms with E-state index in [2.05, 4.69) is 10.3 Å². The van der Waals surface area contributed by atoms with Gasteiger partial charge in [0.15, 0.2) is 12.2 Å². The number of oxazole rings is 1. The molecule has 0 saturated heterocycles. The first-order valence-electron chi connectivity index (χ1n) is 9.02. The molecule has 0 radical (unpaired) electrons. The summed E-state index contributed by atoms with van der Waals surface area (Å²) in [6.07, 6.45) is 0. The number of esters is 1. The quantitative estimate of drug-likeness (QED) is 0.341. The van der Waals surface area contributed by atoms with Crippen LogP contribution in [0.15, 0.2) is 46.9 Å². The van der Waals surface area contributed by atoms with Crippen molar-refractivity contribution in [2.75, 3.05) is 0 Å². The number of halogens is 1. The highest BCUT2D eigenvalue weighted by Gasteiger charge is 2.27. The second-order valence-corrected chi connectivity index (χ2v) is 7.21. The lowest BCUT2D eigenvalue weighted by molar-refractivity contribution is -0.384. The summed E-state index contributed by atoms with van der Waals surface area (Å²) in [6, 6.07) is 9.80. The third-order valence-electron chi connectivity index (χ3n) is 4.29. The van der Waals surface area contributed by atoms with Gasteiger partial charge in [-0.25, -0.2) is 9.78 Å². The molecule has 0 bridgehead atoms. The van der Waals surface area contributed by atoms with Crippen LogP contribution in [-0.2, 0) is 16.1 Å². The number of ether oxygens (including phenoxy) is 1. The van der Waals surface area contributed by atoms with E-state index in [-0.39, 0.29) is 29.0 Å². The molecule has 1 N–H and O–H groups in total. The van der Waals surface area contributed by atoms with Crippen molar-refractivity contribution in [2.24, 2.45) is 5.92 Å². The number of hydrogen-bond acceptors (Lipinski definition) is 7. The van der Waals surface area contributed by atoms with Gasteiger partial charge in [0.2, 0.25) is 5.89 Å². The number of nitrogens with zero attached hydrogens (tertiary/aromatic N) is 2. The number of nitro benzene ring substituents is 1. The van der Waals surface area contributed by atoms with Gasteiger partial charge in [-0.2, -0.15) is 0 Å². The monoisotopic (exact) mass is 431 g/mol. The standard InChI is InChI=1S/C20H18ClN3O6/c1-11(2)18(23-19(25)12-7-8-13(21)15(9-12)24(27)28)20(26)29-10-17-22-14-5-3-4-6-16(14)30-17/h3-9,11,18H,10H2,1-2H3,(H,23,25). The van der Waals surface area contributed by atoms with Crippen LogP contribution in [-0.4, -0.2) is 27.8 Å². The molecule has 1 unspecified atom stereocenters. The molecule has 1 aromatic heterocycles. The van der Waals surface area contributed by atoms with Gasteiger partial charge in [0.05, 0.1) is 4.92 Å². The number of nitrogens with one attached hydrogen (secondary N) is 1. The highest BCUT2D eigenvalue weighted by molar-refractivity contribution is 6.32. The lowest BCUT2D eigenvalue weighted by Gasteiger charge is -2.20. The van der Waals surface area contributed by atoms with E-state index in [0.717, 1.165) is 6.07 Å². The molecule has 0 spiro atoms. The molecule has 156 valence electrons. The molecule has 10 heteroatoms. The number of fused-ring (bicyclic) bond motifs is 1. The van der Waals surface area contributed by atoms with E-state index >= 15 is 0 Å². The lowest BCUT2D eigenvalue weighted by atomic mass is 10.0. The maximum Gasteiger partial charge on any atom is 0.329 e. The number of hydrogen-bond donors (Lipinski definition) is 1. The zero-order valence-corrected chi connectivity index (χ0v) is 16.9. The van der Waals surface area contributed by atoms with Crippen LogP contribution in [0.5, 0.6) is 0 Å². The number of carbonyl (C=O) groups is 2. The van der Waals surface area contributed by atoms with Crippen molar-refractivity contribution in [1.29, 1.82) is 0 Å².